The van der Waals surface area contributed by atoms with Gasteiger partial charge in [0.05, 0.1) is 19.3 Å². The van der Waals surface area contributed by atoms with Gasteiger partial charge < -0.3 is 5.32 Å². The van der Waals surface area contributed by atoms with Crippen molar-refractivity contribution in [3.8, 4) is 0 Å². The molecule has 0 atom stereocenters. The van der Waals surface area contributed by atoms with Gasteiger partial charge in [-0.05, 0) is 36.8 Å². The van der Waals surface area contributed by atoms with Crippen LogP contribution in [0.3, 0.4) is 0 Å². The fourth-order valence-electron chi connectivity index (χ4n) is 3.14. The molecular formula is C22H20BrN5O2. The lowest BCUT2D eigenvalue weighted by molar-refractivity contribution is 0.0952. The second-order valence-corrected chi connectivity index (χ2v) is 7.95. The highest BCUT2D eigenvalue weighted by molar-refractivity contribution is 9.10. The smallest absolute Gasteiger partial charge is 0.264 e. The van der Waals surface area contributed by atoms with E-state index in [0.29, 0.717) is 36.2 Å². The number of aromatic nitrogens is 4. The molecule has 2 heterocycles. The summed E-state index contributed by atoms with van der Waals surface area (Å²) in [5.74, 6) is -0.160. The Morgan fingerprint density at radius 1 is 1.10 bits per heavy atom. The van der Waals surface area contributed by atoms with Gasteiger partial charge in [-0.15, -0.1) is 0 Å². The zero-order valence-corrected chi connectivity index (χ0v) is 18.0. The molecule has 0 fully saturated rings. The Morgan fingerprint density at radius 3 is 2.57 bits per heavy atom. The number of carbonyl (C=O) groups excluding carboxylic acids is 1. The number of halogens is 1. The van der Waals surface area contributed by atoms with Crippen molar-refractivity contribution in [3.63, 3.8) is 0 Å². The van der Waals surface area contributed by atoms with Gasteiger partial charge in [0.2, 0.25) is 0 Å². The maximum absolute atomic E-state index is 12.8. The normalized spacial score (nSPS) is 11.0. The summed E-state index contributed by atoms with van der Waals surface area (Å²) >= 11 is 3.35. The van der Waals surface area contributed by atoms with Crippen LogP contribution in [0.15, 0.2) is 70.3 Å². The van der Waals surface area contributed by atoms with Crippen LogP contribution in [0, 0.1) is 6.92 Å². The fraction of sp³-hybridized carbons (Fsp3) is 0.182. The predicted molar refractivity (Wildman–Crippen MR) is 119 cm³/mol. The Morgan fingerprint density at radius 2 is 1.83 bits per heavy atom. The van der Waals surface area contributed by atoms with Crippen molar-refractivity contribution in [2.24, 2.45) is 0 Å². The minimum Gasteiger partial charge on any atom is -0.350 e. The predicted octanol–water partition coefficient (Wildman–Crippen LogP) is 3.14. The number of rotatable bonds is 6. The van der Waals surface area contributed by atoms with E-state index in [0.717, 1.165) is 10.0 Å². The molecule has 2 aromatic carbocycles. The lowest BCUT2D eigenvalue weighted by Crippen LogP contribution is -2.27. The van der Waals surface area contributed by atoms with E-state index in [1.54, 1.807) is 27.7 Å². The Labute approximate surface area is 181 Å². The monoisotopic (exact) mass is 465 g/mol. The molecule has 0 radical (unpaired) electrons. The summed E-state index contributed by atoms with van der Waals surface area (Å²) in [6, 6.07) is 15.2. The molecule has 0 aliphatic carbocycles. The van der Waals surface area contributed by atoms with Crippen molar-refractivity contribution in [2.75, 3.05) is 6.54 Å². The second kappa shape index (κ2) is 8.62. The van der Waals surface area contributed by atoms with Crippen molar-refractivity contribution in [3.05, 3.63) is 92.6 Å². The number of hydrogen-bond donors (Lipinski definition) is 1. The first kappa shape index (κ1) is 20.0. The Hall–Kier alpha value is -3.26. The molecule has 8 heteroatoms. The van der Waals surface area contributed by atoms with E-state index in [-0.39, 0.29) is 11.5 Å². The third-order valence-corrected chi connectivity index (χ3v) is 5.34. The number of benzene rings is 2. The van der Waals surface area contributed by atoms with Crippen LogP contribution >= 0.6 is 15.9 Å². The maximum Gasteiger partial charge on any atom is 0.264 e. The van der Waals surface area contributed by atoms with Gasteiger partial charge in [0.25, 0.3) is 11.5 Å². The van der Waals surface area contributed by atoms with E-state index in [2.05, 4.69) is 31.3 Å². The third-order valence-electron chi connectivity index (χ3n) is 4.81. The molecule has 0 aliphatic rings. The first-order valence-corrected chi connectivity index (χ1v) is 10.3. The number of carbonyl (C=O) groups is 1. The molecule has 0 aliphatic heterocycles. The van der Waals surface area contributed by atoms with E-state index in [1.807, 2.05) is 43.3 Å². The quantitative estimate of drug-likeness (QED) is 0.474. The van der Waals surface area contributed by atoms with Gasteiger partial charge in [-0.25, -0.2) is 9.67 Å². The standard InChI is InChI=1S/C22H20BrN5O2/c1-15-2-4-16(5-3-15)13-27-14-25-20-19(22(27)30)12-26-28(20)11-10-24-21(29)17-6-8-18(23)9-7-17/h2-9,12,14H,10-11,13H2,1H3,(H,24,29). The molecule has 0 unspecified atom stereocenters. The van der Waals surface area contributed by atoms with Crippen LogP contribution in [0.25, 0.3) is 11.0 Å². The van der Waals surface area contributed by atoms with Gasteiger partial charge in [0, 0.05) is 16.6 Å². The number of amides is 1. The summed E-state index contributed by atoms with van der Waals surface area (Å²) in [7, 11) is 0. The molecule has 4 aromatic rings. The van der Waals surface area contributed by atoms with Crippen LogP contribution in [-0.2, 0) is 13.1 Å². The number of aryl methyl sites for hydroxylation is 1. The van der Waals surface area contributed by atoms with E-state index in [1.165, 1.54) is 11.8 Å². The molecule has 0 bridgehead atoms. The minimum atomic E-state index is -0.160. The lowest BCUT2D eigenvalue weighted by Gasteiger charge is -2.08. The lowest BCUT2D eigenvalue weighted by atomic mass is 10.1. The van der Waals surface area contributed by atoms with Gasteiger partial charge in [0.15, 0.2) is 5.65 Å². The Bertz CT molecular complexity index is 1240. The van der Waals surface area contributed by atoms with Gasteiger partial charge in [-0.2, -0.15) is 5.10 Å². The third kappa shape index (κ3) is 4.33. The van der Waals surface area contributed by atoms with Crippen LogP contribution in [0.1, 0.15) is 21.5 Å². The van der Waals surface area contributed by atoms with E-state index < -0.39 is 0 Å². The van der Waals surface area contributed by atoms with Crippen LogP contribution in [0.4, 0.5) is 0 Å². The van der Waals surface area contributed by atoms with Crippen molar-refractivity contribution < 1.29 is 4.79 Å². The van der Waals surface area contributed by atoms with Crippen LogP contribution < -0.4 is 10.9 Å². The number of nitrogens with one attached hydrogen (secondary N) is 1. The van der Waals surface area contributed by atoms with Gasteiger partial charge in [-0.3, -0.25) is 14.2 Å². The molecule has 0 spiro atoms. The molecule has 2 aromatic heterocycles. The summed E-state index contributed by atoms with van der Waals surface area (Å²) in [5.41, 5.74) is 3.17. The minimum absolute atomic E-state index is 0.134. The highest BCUT2D eigenvalue weighted by Gasteiger charge is 2.11. The first-order valence-electron chi connectivity index (χ1n) is 9.51. The summed E-state index contributed by atoms with van der Waals surface area (Å²) in [5, 5.41) is 7.60. The van der Waals surface area contributed by atoms with Gasteiger partial charge in [0.1, 0.15) is 11.7 Å². The van der Waals surface area contributed by atoms with Gasteiger partial charge >= 0.3 is 0 Å². The first-order chi connectivity index (χ1) is 14.5. The molecule has 0 saturated heterocycles. The highest BCUT2D eigenvalue weighted by atomic mass is 79.9. The summed E-state index contributed by atoms with van der Waals surface area (Å²) in [4.78, 5) is 29.4. The summed E-state index contributed by atoms with van der Waals surface area (Å²) in [6.07, 6.45) is 3.08. The molecule has 7 nitrogen and oxygen atoms in total. The van der Waals surface area contributed by atoms with Crippen LogP contribution in [-0.4, -0.2) is 31.8 Å². The Balaban J connectivity index is 1.45. The molecule has 152 valence electrons. The average molecular weight is 466 g/mol. The number of hydrogen-bond acceptors (Lipinski definition) is 4. The topological polar surface area (TPSA) is 81.8 Å². The van der Waals surface area contributed by atoms with Crippen LogP contribution in [0.2, 0.25) is 0 Å². The summed E-state index contributed by atoms with van der Waals surface area (Å²) < 4.78 is 4.13. The molecule has 30 heavy (non-hydrogen) atoms. The Kier molecular flexibility index (Phi) is 5.76. The zero-order chi connectivity index (χ0) is 21.1. The van der Waals surface area contributed by atoms with E-state index in [4.69, 9.17) is 0 Å². The van der Waals surface area contributed by atoms with E-state index in [9.17, 15) is 9.59 Å². The molecule has 1 N–H and O–H groups in total. The average Bonchev–Trinajstić information content (AvgIpc) is 3.16. The van der Waals surface area contributed by atoms with Crippen molar-refractivity contribution in [2.45, 2.75) is 20.0 Å². The van der Waals surface area contributed by atoms with Crippen molar-refractivity contribution in [1.29, 1.82) is 0 Å². The molecule has 4 rings (SSSR count). The fourth-order valence-corrected chi connectivity index (χ4v) is 3.41. The van der Waals surface area contributed by atoms with E-state index >= 15 is 0 Å². The maximum atomic E-state index is 12.8. The molecular weight excluding hydrogens is 446 g/mol. The highest BCUT2D eigenvalue weighted by Crippen LogP contribution is 2.11. The van der Waals surface area contributed by atoms with Gasteiger partial charge in [-0.1, -0.05) is 45.8 Å². The molecule has 0 saturated carbocycles. The summed E-state index contributed by atoms with van der Waals surface area (Å²) in [6.45, 7) is 3.27. The van der Waals surface area contributed by atoms with Crippen LogP contribution in [0.5, 0.6) is 0 Å². The largest absolute Gasteiger partial charge is 0.350 e. The molecule has 1 amide bonds. The van der Waals surface area contributed by atoms with Crippen molar-refractivity contribution in [1.82, 2.24) is 24.6 Å². The van der Waals surface area contributed by atoms with Crippen molar-refractivity contribution >= 4 is 32.9 Å². The number of nitrogens with zero attached hydrogens (tertiary/aromatic N) is 4. The zero-order valence-electron chi connectivity index (χ0n) is 16.4. The number of fused-ring (bicyclic) bond motifs is 1. The SMILES string of the molecule is Cc1ccc(Cn2cnc3c(cnn3CCNC(=O)c3ccc(Br)cc3)c2=O)cc1. The second-order valence-electron chi connectivity index (χ2n) is 7.03.